The molecule has 5 fully saturated rings. The molecule has 0 aromatic rings. The van der Waals surface area contributed by atoms with Crippen LogP contribution in [0.3, 0.4) is 0 Å². The van der Waals surface area contributed by atoms with Crippen molar-refractivity contribution in [3.63, 3.8) is 0 Å². The number of aliphatic hydroxyl groups excluding tert-OH is 1. The molecule has 6 rings (SSSR count). The zero-order chi connectivity index (χ0) is 28.2. The second-order valence-corrected chi connectivity index (χ2v) is 15.4. The van der Waals surface area contributed by atoms with E-state index in [-0.39, 0.29) is 18.0 Å². The number of rotatable bonds is 6. The summed E-state index contributed by atoms with van der Waals surface area (Å²) in [7, 11) is 1.92. The van der Waals surface area contributed by atoms with Gasteiger partial charge in [-0.2, -0.15) is 0 Å². The minimum absolute atomic E-state index is 0.130. The third-order valence-corrected chi connectivity index (χ3v) is 13.1. The van der Waals surface area contributed by atoms with E-state index in [1.807, 2.05) is 21.7 Å². The summed E-state index contributed by atoms with van der Waals surface area (Å²) in [6.07, 6.45) is 16.1. The number of piperazine rings is 1. The number of carbonyl (C=O) groups excluding carboxylic acids is 2. The fraction of sp³-hybridized carbons (Fsp3) is 0.882. The number of urea groups is 1. The predicted octanol–water partition coefficient (Wildman–Crippen LogP) is 5.95. The highest BCUT2D eigenvalue weighted by atomic mass is 16.3. The summed E-state index contributed by atoms with van der Waals surface area (Å²) in [4.78, 5) is 31.8. The number of hydrogen-bond acceptors (Lipinski definition) is 3. The van der Waals surface area contributed by atoms with Gasteiger partial charge < -0.3 is 19.8 Å². The molecule has 8 atom stereocenters. The van der Waals surface area contributed by atoms with Crippen LogP contribution in [0.1, 0.15) is 97.8 Å². The Morgan fingerprint density at radius 1 is 1.00 bits per heavy atom. The maximum absolute atomic E-state index is 13.2. The van der Waals surface area contributed by atoms with E-state index in [1.165, 1.54) is 44.9 Å². The summed E-state index contributed by atoms with van der Waals surface area (Å²) >= 11 is 0. The lowest BCUT2D eigenvalue weighted by molar-refractivity contribution is -0.133. The number of hydrogen-bond donors (Lipinski definition) is 1. The Kier molecular flexibility index (Phi) is 7.80. The topological polar surface area (TPSA) is 64.1 Å². The van der Waals surface area contributed by atoms with Gasteiger partial charge in [-0.25, -0.2) is 4.79 Å². The van der Waals surface area contributed by atoms with Crippen LogP contribution in [0.15, 0.2) is 11.6 Å². The van der Waals surface area contributed by atoms with Crippen LogP contribution in [0.4, 0.5) is 4.79 Å². The van der Waals surface area contributed by atoms with Crippen LogP contribution in [-0.4, -0.2) is 77.6 Å². The smallest absolute Gasteiger partial charge is 0.319 e. The Hall–Kier alpha value is -1.56. The number of carbonyl (C=O) groups is 2. The van der Waals surface area contributed by atoms with Gasteiger partial charge in [0.2, 0.25) is 5.91 Å². The van der Waals surface area contributed by atoms with Crippen molar-refractivity contribution in [1.82, 2.24) is 14.7 Å². The second kappa shape index (κ2) is 10.9. The number of fused-ring (bicyclic) bond motifs is 5. The van der Waals surface area contributed by atoms with Gasteiger partial charge >= 0.3 is 6.03 Å². The molecule has 40 heavy (non-hydrogen) atoms. The Morgan fingerprint density at radius 2 is 1.73 bits per heavy atom. The highest BCUT2D eigenvalue weighted by molar-refractivity contribution is 5.77. The standard InChI is InChI=1S/C34H55N3O3/c1-23(5-12-31(39)36-17-19-37(20-18-36)32(40)35(4)22-24-6-7-24)28-10-11-29-27-9-8-25-21-26(38)13-15-33(25,2)30(27)14-16-34(28,29)3/h8,23-24,26-30,38H,5-7,9-22H2,1-4H3/t23?,26-,27-,28+,29-,30-,33-,34+/m0/s1. The van der Waals surface area contributed by atoms with Crippen molar-refractivity contribution in [2.45, 2.75) is 104 Å². The molecular weight excluding hydrogens is 498 g/mol. The third kappa shape index (κ3) is 5.13. The average molecular weight is 554 g/mol. The highest BCUT2D eigenvalue weighted by Crippen LogP contribution is 2.67. The Labute approximate surface area is 242 Å². The van der Waals surface area contributed by atoms with Crippen LogP contribution >= 0.6 is 0 Å². The largest absolute Gasteiger partial charge is 0.393 e. The normalized spacial score (nSPS) is 40.0. The summed E-state index contributed by atoms with van der Waals surface area (Å²) in [6, 6.07) is 0.131. The third-order valence-electron chi connectivity index (χ3n) is 13.1. The zero-order valence-corrected chi connectivity index (χ0v) is 25.7. The minimum atomic E-state index is -0.130. The maximum atomic E-state index is 13.2. The molecule has 4 saturated carbocycles. The molecule has 1 heterocycles. The molecular formula is C34H55N3O3. The Balaban J connectivity index is 1.00. The first kappa shape index (κ1) is 28.6. The van der Waals surface area contributed by atoms with Gasteiger partial charge in [0.15, 0.2) is 0 Å². The van der Waals surface area contributed by atoms with E-state index in [9.17, 15) is 14.7 Å². The van der Waals surface area contributed by atoms with E-state index < -0.39 is 0 Å². The van der Waals surface area contributed by atoms with Crippen LogP contribution in [-0.2, 0) is 4.79 Å². The van der Waals surface area contributed by atoms with Gasteiger partial charge in [0, 0.05) is 46.2 Å². The van der Waals surface area contributed by atoms with Crippen LogP contribution in [0.2, 0.25) is 0 Å². The summed E-state index contributed by atoms with van der Waals surface area (Å²) in [5.74, 6) is 4.66. The molecule has 5 aliphatic carbocycles. The molecule has 0 bridgehead atoms. The van der Waals surface area contributed by atoms with Gasteiger partial charge in [-0.3, -0.25) is 4.79 Å². The van der Waals surface area contributed by atoms with Gasteiger partial charge in [0.1, 0.15) is 0 Å². The van der Waals surface area contributed by atoms with Crippen molar-refractivity contribution in [1.29, 1.82) is 0 Å². The SMILES string of the molecule is CC(CCC(=O)N1CCN(C(=O)N(C)CC2CC2)CC1)[C@H]1CC[C@H]2[C@@H]3CC=C4C[C@@H](O)CC[C@]4(C)[C@H]3CC[C@]12C. The van der Waals surface area contributed by atoms with Gasteiger partial charge in [-0.05, 0) is 117 Å². The first-order chi connectivity index (χ1) is 19.1. The van der Waals surface area contributed by atoms with Crippen LogP contribution in [0.5, 0.6) is 0 Å². The number of amides is 3. The lowest BCUT2D eigenvalue weighted by Crippen LogP contribution is -2.53. The van der Waals surface area contributed by atoms with Crippen molar-refractivity contribution < 1.29 is 14.7 Å². The fourth-order valence-electron chi connectivity index (χ4n) is 10.5. The summed E-state index contributed by atoms with van der Waals surface area (Å²) in [5, 5.41) is 10.3. The van der Waals surface area contributed by atoms with Crippen LogP contribution < -0.4 is 0 Å². The molecule has 6 aliphatic rings. The van der Waals surface area contributed by atoms with E-state index in [4.69, 9.17) is 0 Å². The molecule has 0 radical (unpaired) electrons. The van der Waals surface area contributed by atoms with E-state index in [2.05, 4.69) is 26.8 Å². The molecule has 0 aromatic carbocycles. The monoisotopic (exact) mass is 553 g/mol. The van der Waals surface area contributed by atoms with Crippen LogP contribution in [0.25, 0.3) is 0 Å². The number of allylic oxidation sites excluding steroid dienone is 1. The van der Waals surface area contributed by atoms with E-state index in [0.717, 1.165) is 50.0 Å². The van der Waals surface area contributed by atoms with Crippen molar-refractivity contribution in [3.8, 4) is 0 Å². The molecule has 1 N–H and O–H groups in total. The summed E-state index contributed by atoms with van der Waals surface area (Å²) in [6.45, 7) is 11.1. The van der Waals surface area contributed by atoms with Crippen molar-refractivity contribution in [2.24, 2.45) is 46.3 Å². The predicted molar refractivity (Wildman–Crippen MR) is 159 cm³/mol. The number of aliphatic hydroxyl groups is 1. The molecule has 6 nitrogen and oxygen atoms in total. The number of nitrogens with zero attached hydrogens (tertiary/aromatic N) is 3. The van der Waals surface area contributed by atoms with Gasteiger partial charge in [0.05, 0.1) is 6.10 Å². The van der Waals surface area contributed by atoms with Crippen molar-refractivity contribution in [2.75, 3.05) is 39.8 Å². The van der Waals surface area contributed by atoms with Crippen molar-refractivity contribution in [3.05, 3.63) is 11.6 Å². The highest BCUT2D eigenvalue weighted by Gasteiger charge is 2.59. The zero-order valence-electron chi connectivity index (χ0n) is 25.7. The minimum Gasteiger partial charge on any atom is -0.393 e. The van der Waals surface area contributed by atoms with Gasteiger partial charge in [-0.1, -0.05) is 32.4 Å². The molecule has 6 heteroatoms. The first-order valence-electron chi connectivity index (χ1n) is 16.8. The Bertz CT molecular complexity index is 1000. The van der Waals surface area contributed by atoms with E-state index in [0.29, 0.717) is 61.2 Å². The molecule has 0 spiro atoms. The molecule has 224 valence electrons. The summed E-state index contributed by atoms with van der Waals surface area (Å²) in [5.41, 5.74) is 2.27. The Morgan fingerprint density at radius 3 is 2.45 bits per heavy atom. The summed E-state index contributed by atoms with van der Waals surface area (Å²) < 4.78 is 0. The quantitative estimate of drug-likeness (QED) is 0.414. The van der Waals surface area contributed by atoms with Gasteiger partial charge in [0.25, 0.3) is 0 Å². The molecule has 1 unspecified atom stereocenters. The van der Waals surface area contributed by atoms with E-state index >= 15 is 0 Å². The lowest BCUT2D eigenvalue weighted by atomic mass is 9.47. The first-order valence-corrected chi connectivity index (χ1v) is 16.8. The van der Waals surface area contributed by atoms with Crippen molar-refractivity contribution >= 4 is 11.9 Å². The van der Waals surface area contributed by atoms with Crippen LogP contribution in [0, 0.1) is 46.3 Å². The molecule has 1 saturated heterocycles. The average Bonchev–Trinajstić information content (AvgIpc) is 3.69. The second-order valence-electron chi connectivity index (χ2n) is 15.4. The molecule has 1 aliphatic heterocycles. The molecule has 3 amide bonds. The lowest BCUT2D eigenvalue weighted by Gasteiger charge is -2.58. The van der Waals surface area contributed by atoms with E-state index in [1.54, 1.807) is 5.57 Å². The molecule has 0 aromatic heterocycles. The van der Waals surface area contributed by atoms with Gasteiger partial charge in [-0.15, -0.1) is 0 Å². The fourth-order valence-corrected chi connectivity index (χ4v) is 10.5. The maximum Gasteiger partial charge on any atom is 0.319 e.